The third kappa shape index (κ3) is 8.26. The fourth-order valence-corrected chi connectivity index (χ4v) is 8.93. The molecule has 6 aromatic rings. The molecule has 6 heterocycles. The molecule has 3 aliphatic rings. The number of halogens is 3. The van der Waals surface area contributed by atoms with Crippen LogP contribution in [0.4, 0.5) is 20.2 Å². The van der Waals surface area contributed by atoms with Crippen LogP contribution in [0.3, 0.4) is 0 Å². The number of benzene rings is 3. The fourth-order valence-electron chi connectivity index (χ4n) is 8.27. The Hall–Kier alpha value is -7.38. The number of ether oxygens (including phenoxy) is 1. The predicted octanol–water partition coefficient (Wildman–Crippen LogP) is 5.05. The molecule has 66 heavy (non-hydrogen) atoms. The molecule has 2 atom stereocenters. The van der Waals surface area contributed by atoms with Crippen molar-refractivity contribution in [1.29, 1.82) is 0 Å². The summed E-state index contributed by atoms with van der Waals surface area (Å²) in [5.41, 5.74) is 4.46. The number of aliphatic hydroxyl groups is 1. The summed E-state index contributed by atoms with van der Waals surface area (Å²) < 4.78 is 33.5. The monoisotopic (exact) mass is 963 g/mol. The molecule has 4 N–H and O–H groups in total. The standard InChI is InChI=1S/C28H23BrFN3O6.C19H17FN4O3/c1-2-39-28(38)20-24(34)22-23(21(29)16(14-31-22)13-15-7-9-17(30)10-8-15)32(27(20)37)11-12-33-25(35)18-5-3-4-6-19(18)26(33)36;1-21-18(26)13-17(25)15-16-14(22-6-7-24(16)19(13)27)11(9-23-15)8-10-2-4-12(20)5-3-10/h3-10,14,20,24,34H,2,11-13H2,1H3;2-5,9,22,25H,6-8H2,1H3,(H,21,26). The van der Waals surface area contributed by atoms with Crippen LogP contribution < -0.4 is 21.1 Å². The number of aliphatic hydroxyl groups excluding tert-OH is 1. The average Bonchev–Trinajstić information content (AvgIpc) is 3.55. The van der Waals surface area contributed by atoms with Gasteiger partial charge in [0.25, 0.3) is 23.3 Å². The minimum absolute atomic E-state index is 0.00492. The second-order valence-corrected chi connectivity index (χ2v) is 16.2. The third-order valence-electron chi connectivity index (χ3n) is 11.5. The van der Waals surface area contributed by atoms with Crippen molar-refractivity contribution in [1.82, 2.24) is 24.8 Å². The highest BCUT2D eigenvalue weighted by Gasteiger charge is 2.47. The van der Waals surface area contributed by atoms with Crippen LogP contribution in [0.1, 0.15) is 72.0 Å². The van der Waals surface area contributed by atoms with Gasteiger partial charge >= 0.3 is 5.97 Å². The predicted molar refractivity (Wildman–Crippen MR) is 239 cm³/mol. The molecule has 3 aliphatic heterocycles. The van der Waals surface area contributed by atoms with Gasteiger partial charge in [0.05, 0.1) is 40.3 Å². The number of aromatic nitrogens is 3. The SMILES string of the molecule is CCOC(=O)C1C(=O)N(CCN2C(=O)c3ccccc3C2=O)c2c(ncc(Cc3ccc(F)cc3)c2Br)C1O.CNC(=O)c1c(O)c2ncc(Cc3ccc(F)cc3)c3c2n(c1=O)CCN3. The van der Waals surface area contributed by atoms with Gasteiger partial charge in [0.2, 0.25) is 5.91 Å². The van der Waals surface area contributed by atoms with Crippen molar-refractivity contribution in [2.24, 2.45) is 5.92 Å². The summed E-state index contributed by atoms with van der Waals surface area (Å²) in [5.74, 6) is -5.94. The van der Waals surface area contributed by atoms with Crippen LogP contribution in [0.5, 0.6) is 5.75 Å². The molecule has 3 aromatic heterocycles. The van der Waals surface area contributed by atoms with E-state index in [1.54, 1.807) is 61.7 Å². The first-order valence-corrected chi connectivity index (χ1v) is 21.5. The molecule has 19 heteroatoms. The molecule has 0 radical (unpaired) electrons. The number of pyridine rings is 3. The number of nitrogens with one attached hydrogen (secondary N) is 2. The number of fused-ring (bicyclic) bond motifs is 2. The first-order chi connectivity index (χ1) is 31.7. The highest BCUT2D eigenvalue weighted by atomic mass is 79.9. The number of hydrogen-bond acceptors (Lipinski definition) is 12. The number of esters is 1. The van der Waals surface area contributed by atoms with Crippen LogP contribution in [0.15, 0.2) is 94.5 Å². The Balaban J connectivity index is 0.000000192. The number of carbonyl (C=O) groups is 5. The minimum Gasteiger partial charge on any atom is -0.505 e. The third-order valence-corrected chi connectivity index (χ3v) is 12.4. The topological polar surface area (TPSA) is 213 Å². The summed E-state index contributed by atoms with van der Waals surface area (Å²) in [4.78, 5) is 88.0. The van der Waals surface area contributed by atoms with E-state index in [2.05, 4.69) is 36.5 Å². The number of aromatic hydroxyl groups is 1. The molecule has 2 unspecified atom stereocenters. The van der Waals surface area contributed by atoms with Gasteiger partial charge in [0, 0.05) is 68.5 Å². The largest absolute Gasteiger partial charge is 0.505 e. The van der Waals surface area contributed by atoms with Crippen LogP contribution >= 0.6 is 15.9 Å². The maximum Gasteiger partial charge on any atom is 0.321 e. The van der Waals surface area contributed by atoms with Crippen molar-refractivity contribution >= 4 is 67.9 Å². The van der Waals surface area contributed by atoms with Crippen molar-refractivity contribution < 1.29 is 47.7 Å². The fraction of sp³-hybridized carbons (Fsp3) is 0.234. The van der Waals surface area contributed by atoms with Crippen molar-refractivity contribution in [2.75, 3.05) is 43.5 Å². The maximum absolute atomic E-state index is 13.6. The summed E-state index contributed by atoms with van der Waals surface area (Å²) in [5, 5.41) is 27.2. The van der Waals surface area contributed by atoms with E-state index in [9.17, 15) is 47.8 Å². The van der Waals surface area contributed by atoms with Crippen LogP contribution in [-0.2, 0) is 33.7 Å². The summed E-state index contributed by atoms with van der Waals surface area (Å²) in [6, 6.07) is 18.5. The van der Waals surface area contributed by atoms with Gasteiger partial charge in [-0.2, -0.15) is 0 Å². The molecule has 0 fully saturated rings. The average molecular weight is 965 g/mol. The number of anilines is 2. The van der Waals surface area contributed by atoms with Gasteiger partial charge in [0.15, 0.2) is 11.7 Å². The van der Waals surface area contributed by atoms with E-state index in [1.807, 2.05) is 0 Å². The van der Waals surface area contributed by atoms with E-state index in [1.165, 1.54) is 47.0 Å². The number of carbonyl (C=O) groups excluding carboxylic acids is 5. The number of hydrogen-bond donors (Lipinski definition) is 4. The number of imide groups is 1. The minimum atomic E-state index is -1.57. The number of amides is 4. The first kappa shape index (κ1) is 45.2. The summed E-state index contributed by atoms with van der Waals surface area (Å²) in [6.45, 7) is 2.14. The lowest BCUT2D eigenvalue weighted by Crippen LogP contribution is -2.50. The Morgan fingerprint density at radius 1 is 0.864 bits per heavy atom. The van der Waals surface area contributed by atoms with E-state index >= 15 is 0 Å². The van der Waals surface area contributed by atoms with Crippen molar-refractivity contribution in [3.05, 3.63) is 156 Å². The smallest absolute Gasteiger partial charge is 0.321 e. The second-order valence-electron chi connectivity index (χ2n) is 15.5. The van der Waals surface area contributed by atoms with E-state index in [0.29, 0.717) is 47.2 Å². The Morgan fingerprint density at radius 2 is 1.44 bits per heavy atom. The quantitative estimate of drug-likeness (QED) is 0.0808. The normalized spacial score (nSPS) is 16.0. The Labute approximate surface area is 383 Å². The lowest BCUT2D eigenvalue weighted by molar-refractivity contribution is -0.157. The van der Waals surface area contributed by atoms with Gasteiger partial charge in [-0.25, -0.2) is 8.78 Å². The van der Waals surface area contributed by atoms with Crippen molar-refractivity contribution in [3.8, 4) is 5.75 Å². The molecule has 9 rings (SSSR count). The van der Waals surface area contributed by atoms with E-state index in [0.717, 1.165) is 21.6 Å². The van der Waals surface area contributed by atoms with Crippen molar-refractivity contribution in [3.63, 3.8) is 0 Å². The molecular formula is C47H40BrF2N7O9. The van der Waals surface area contributed by atoms with Crippen LogP contribution in [0.2, 0.25) is 0 Å². The Kier molecular flexibility index (Phi) is 12.7. The lowest BCUT2D eigenvalue weighted by Gasteiger charge is -2.37. The van der Waals surface area contributed by atoms with Crippen LogP contribution in [0.25, 0.3) is 11.0 Å². The van der Waals surface area contributed by atoms with Gasteiger partial charge in [-0.3, -0.25) is 43.6 Å². The molecule has 0 bridgehead atoms. The number of nitrogens with zero attached hydrogens (tertiary/aromatic N) is 5. The van der Waals surface area contributed by atoms with Gasteiger partial charge in [-0.1, -0.05) is 36.4 Å². The summed E-state index contributed by atoms with van der Waals surface area (Å²) in [6.07, 6.45) is 2.35. The van der Waals surface area contributed by atoms with Gasteiger partial charge < -0.3 is 35.1 Å². The van der Waals surface area contributed by atoms with Crippen LogP contribution in [-0.4, -0.2) is 92.5 Å². The molecule has 0 spiro atoms. The first-order valence-electron chi connectivity index (χ1n) is 20.7. The highest BCUT2D eigenvalue weighted by Crippen LogP contribution is 2.43. The molecule has 3 aromatic carbocycles. The molecule has 0 saturated heterocycles. The summed E-state index contributed by atoms with van der Waals surface area (Å²) >= 11 is 3.54. The van der Waals surface area contributed by atoms with Gasteiger partial charge in [0.1, 0.15) is 28.8 Å². The summed E-state index contributed by atoms with van der Waals surface area (Å²) in [7, 11) is 1.40. The Morgan fingerprint density at radius 3 is 2.03 bits per heavy atom. The molecule has 0 saturated carbocycles. The van der Waals surface area contributed by atoms with Gasteiger partial charge in [-0.05, 0) is 75.9 Å². The van der Waals surface area contributed by atoms with Crippen LogP contribution in [0, 0.1) is 17.6 Å². The maximum atomic E-state index is 13.6. The van der Waals surface area contributed by atoms with Crippen molar-refractivity contribution in [2.45, 2.75) is 32.4 Å². The zero-order valence-electron chi connectivity index (χ0n) is 35.3. The highest BCUT2D eigenvalue weighted by molar-refractivity contribution is 9.10. The van der Waals surface area contributed by atoms with E-state index in [4.69, 9.17) is 4.74 Å². The van der Waals surface area contributed by atoms with Gasteiger partial charge in [-0.15, -0.1) is 0 Å². The van der Waals surface area contributed by atoms with E-state index in [-0.39, 0.29) is 64.9 Å². The zero-order chi connectivity index (χ0) is 47.0. The number of rotatable bonds is 10. The lowest BCUT2D eigenvalue weighted by atomic mass is 9.91. The zero-order valence-corrected chi connectivity index (χ0v) is 36.9. The second kappa shape index (κ2) is 18.6. The molecule has 4 amide bonds. The molecular weight excluding hydrogens is 924 g/mol. The molecule has 16 nitrogen and oxygen atoms in total. The molecule has 338 valence electrons. The Bertz CT molecular complexity index is 2990. The molecule has 0 aliphatic carbocycles. The van der Waals surface area contributed by atoms with E-state index < -0.39 is 52.9 Å².